The molecule has 3 heteroatoms. The molecule has 2 heterocycles. The highest BCUT2D eigenvalue weighted by atomic mass is 16.3. The van der Waals surface area contributed by atoms with Gasteiger partial charge in [-0.15, -0.1) is 0 Å². The second-order valence-corrected chi connectivity index (χ2v) is 15.6. The van der Waals surface area contributed by atoms with Gasteiger partial charge in [-0.2, -0.15) is 0 Å². The molecule has 0 amide bonds. The Bertz CT molecular complexity index is 3730. The minimum absolute atomic E-state index is 0.714. The summed E-state index contributed by atoms with van der Waals surface area (Å²) in [7, 11) is 0. The lowest BCUT2D eigenvalue weighted by Gasteiger charge is -2.14. The van der Waals surface area contributed by atoms with Crippen LogP contribution in [-0.4, -0.2) is 9.97 Å². The largest absolute Gasteiger partial charge is 0.456 e. The molecule has 0 N–H and O–H groups in total. The lowest BCUT2D eigenvalue weighted by molar-refractivity contribution is 0.669. The van der Waals surface area contributed by atoms with Gasteiger partial charge in [0.2, 0.25) is 0 Å². The van der Waals surface area contributed by atoms with Gasteiger partial charge in [-0.1, -0.05) is 158 Å². The Morgan fingerprint density at radius 3 is 1.80 bits per heavy atom. The van der Waals surface area contributed by atoms with E-state index < -0.39 is 0 Å². The average Bonchev–Trinajstić information content (AvgIpc) is 3.85. The van der Waals surface area contributed by atoms with Crippen molar-refractivity contribution in [2.24, 2.45) is 0 Å². The monoisotopic (exact) mass is 748 g/mol. The summed E-state index contributed by atoms with van der Waals surface area (Å²) < 4.78 is 6.56. The van der Waals surface area contributed by atoms with Crippen LogP contribution in [0.1, 0.15) is 0 Å². The number of rotatable bonds is 4. The van der Waals surface area contributed by atoms with Gasteiger partial charge in [-0.05, 0) is 107 Å². The van der Waals surface area contributed by atoms with Gasteiger partial charge >= 0.3 is 0 Å². The standard InChI is InChI=1S/C56H32N2O/c1-2-12-33(13-3-1)49-32-50(58-56(57-49)48-30-36-14-4-5-15-39(36)41-16-6-7-17-42(41)48)38-25-23-34-28-37(24-22-35(34)29-38)40-26-27-45-43-18-8-9-19-44(43)55-53(45)47(40)31-52-54(55)46-20-10-11-21-51(46)59-52/h1-32H. The second kappa shape index (κ2) is 12.3. The van der Waals surface area contributed by atoms with Crippen molar-refractivity contribution < 1.29 is 4.42 Å². The second-order valence-electron chi connectivity index (χ2n) is 15.6. The van der Waals surface area contributed by atoms with E-state index in [0.29, 0.717) is 5.82 Å². The van der Waals surface area contributed by atoms with Crippen molar-refractivity contribution in [3.8, 4) is 67.3 Å². The van der Waals surface area contributed by atoms with E-state index in [2.05, 4.69) is 182 Å². The Labute approximate surface area is 339 Å². The summed E-state index contributed by atoms with van der Waals surface area (Å²) in [6, 6.07) is 69.5. The highest BCUT2D eigenvalue weighted by Crippen LogP contribution is 2.54. The van der Waals surface area contributed by atoms with Crippen molar-refractivity contribution in [3.63, 3.8) is 0 Å². The van der Waals surface area contributed by atoms with Crippen molar-refractivity contribution in [1.82, 2.24) is 9.97 Å². The summed E-state index contributed by atoms with van der Waals surface area (Å²) in [6.45, 7) is 0. The predicted molar refractivity (Wildman–Crippen MR) is 246 cm³/mol. The van der Waals surface area contributed by atoms with Crippen molar-refractivity contribution in [2.45, 2.75) is 0 Å². The fourth-order valence-corrected chi connectivity index (χ4v) is 9.68. The van der Waals surface area contributed by atoms with E-state index in [4.69, 9.17) is 14.4 Å². The van der Waals surface area contributed by atoms with Crippen LogP contribution in [-0.2, 0) is 0 Å². The Balaban J connectivity index is 0.971. The molecule has 1 aliphatic carbocycles. The third kappa shape index (κ3) is 4.82. The first-order chi connectivity index (χ1) is 29.2. The van der Waals surface area contributed by atoms with Crippen molar-refractivity contribution in [2.75, 3.05) is 0 Å². The number of fused-ring (bicyclic) bond motifs is 11. The van der Waals surface area contributed by atoms with E-state index >= 15 is 0 Å². The molecule has 0 radical (unpaired) electrons. The van der Waals surface area contributed by atoms with Gasteiger partial charge in [0, 0.05) is 33.0 Å². The van der Waals surface area contributed by atoms with Gasteiger partial charge in [0.05, 0.1) is 11.4 Å². The smallest absolute Gasteiger partial charge is 0.161 e. The average molecular weight is 749 g/mol. The van der Waals surface area contributed by atoms with Crippen LogP contribution < -0.4 is 0 Å². The molecule has 12 aromatic rings. The number of hydrogen-bond acceptors (Lipinski definition) is 3. The SMILES string of the molecule is c1ccc(-c2cc(-c3ccc4cc(-c5ccc6c7c(c8c(cc57)oc5ccccc58)-c5ccccc5-6)ccc4c3)nc(-c3cc4ccccc4c4ccccc34)n2)cc1. The van der Waals surface area contributed by atoms with Crippen molar-refractivity contribution in [1.29, 1.82) is 0 Å². The quantitative estimate of drug-likeness (QED) is 0.168. The molecule has 59 heavy (non-hydrogen) atoms. The van der Waals surface area contributed by atoms with Crippen LogP contribution in [0.2, 0.25) is 0 Å². The number of furan rings is 1. The molecule has 0 atom stereocenters. The van der Waals surface area contributed by atoms with Gasteiger partial charge in [-0.3, -0.25) is 0 Å². The van der Waals surface area contributed by atoms with Crippen LogP contribution in [0, 0.1) is 0 Å². The lowest BCUT2D eigenvalue weighted by atomic mass is 9.91. The van der Waals surface area contributed by atoms with E-state index in [9.17, 15) is 0 Å². The Hall–Kier alpha value is -7.88. The fourth-order valence-electron chi connectivity index (χ4n) is 9.68. The van der Waals surface area contributed by atoms with Crippen LogP contribution in [0.5, 0.6) is 0 Å². The predicted octanol–water partition coefficient (Wildman–Crippen LogP) is 15.3. The number of nitrogens with zero attached hydrogens (tertiary/aromatic N) is 2. The molecule has 272 valence electrons. The first-order valence-electron chi connectivity index (χ1n) is 20.1. The maximum atomic E-state index is 6.56. The molecule has 0 spiro atoms. The first-order valence-corrected chi connectivity index (χ1v) is 20.1. The maximum Gasteiger partial charge on any atom is 0.161 e. The maximum absolute atomic E-state index is 6.56. The highest BCUT2D eigenvalue weighted by molar-refractivity contribution is 6.30. The zero-order valence-electron chi connectivity index (χ0n) is 31.8. The zero-order chi connectivity index (χ0) is 38.6. The molecule has 2 aromatic heterocycles. The Morgan fingerprint density at radius 2 is 0.949 bits per heavy atom. The number of aromatic nitrogens is 2. The van der Waals surface area contributed by atoms with E-state index in [1.54, 1.807) is 0 Å². The molecule has 13 rings (SSSR count). The minimum Gasteiger partial charge on any atom is -0.456 e. The van der Waals surface area contributed by atoms with Crippen LogP contribution in [0.15, 0.2) is 199 Å². The summed E-state index contributed by atoms with van der Waals surface area (Å²) >= 11 is 0. The summed E-state index contributed by atoms with van der Waals surface area (Å²) in [5.74, 6) is 0.714. The Morgan fingerprint density at radius 1 is 0.305 bits per heavy atom. The summed E-state index contributed by atoms with van der Waals surface area (Å²) in [5, 5.41) is 11.9. The van der Waals surface area contributed by atoms with Crippen LogP contribution in [0.3, 0.4) is 0 Å². The molecule has 0 saturated carbocycles. The van der Waals surface area contributed by atoms with E-state index in [1.165, 1.54) is 71.1 Å². The summed E-state index contributed by atoms with van der Waals surface area (Å²) in [6.07, 6.45) is 0. The molecule has 0 fully saturated rings. The lowest BCUT2D eigenvalue weighted by Crippen LogP contribution is -1.97. The molecule has 0 aliphatic heterocycles. The van der Waals surface area contributed by atoms with E-state index in [1.807, 2.05) is 12.1 Å². The van der Waals surface area contributed by atoms with E-state index in [0.717, 1.165) is 55.4 Å². The fraction of sp³-hybridized carbons (Fsp3) is 0. The van der Waals surface area contributed by atoms with Crippen molar-refractivity contribution >= 4 is 65.0 Å². The van der Waals surface area contributed by atoms with Gasteiger partial charge in [0.15, 0.2) is 5.82 Å². The third-order valence-corrected chi connectivity index (χ3v) is 12.4. The van der Waals surface area contributed by atoms with Crippen molar-refractivity contribution in [3.05, 3.63) is 194 Å². The summed E-state index contributed by atoms with van der Waals surface area (Å²) in [4.78, 5) is 10.6. The molecule has 0 saturated heterocycles. The molecule has 0 bridgehead atoms. The molecule has 3 nitrogen and oxygen atoms in total. The highest BCUT2D eigenvalue weighted by Gasteiger charge is 2.27. The first kappa shape index (κ1) is 32.2. The van der Waals surface area contributed by atoms with Gasteiger partial charge in [0.25, 0.3) is 0 Å². The normalized spacial score (nSPS) is 12.1. The van der Waals surface area contributed by atoms with Crippen LogP contribution in [0.4, 0.5) is 0 Å². The van der Waals surface area contributed by atoms with Gasteiger partial charge in [0.1, 0.15) is 11.2 Å². The molecule has 10 aromatic carbocycles. The minimum atomic E-state index is 0.714. The van der Waals surface area contributed by atoms with Gasteiger partial charge in [-0.25, -0.2) is 9.97 Å². The number of hydrogen-bond donors (Lipinski definition) is 0. The number of benzene rings is 10. The number of para-hydroxylation sites is 1. The Kier molecular flexibility index (Phi) is 6.72. The third-order valence-electron chi connectivity index (χ3n) is 12.4. The zero-order valence-corrected chi connectivity index (χ0v) is 31.8. The van der Waals surface area contributed by atoms with Crippen LogP contribution >= 0.6 is 0 Å². The van der Waals surface area contributed by atoms with E-state index in [-0.39, 0.29) is 0 Å². The molecule has 1 aliphatic rings. The summed E-state index contributed by atoms with van der Waals surface area (Å²) in [5.41, 5.74) is 14.2. The topological polar surface area (TPSA) is 38.9 Å². The van der Waals surface area contributed by atoms with Gasteiger partial charge < -0.3 is 4.42 Å². The van der Waals surface area contributed by atoms with Crippen LogP contribution in [0.25, 0.3) is 132 Å². The molecular weight excluding hydrogens is 717 g/mol. The molecule has 0 unspecified atom stereocenters. The molecular formula is C56H32N2O.